The normalized spacial score (nSPS) is 11.2. The van der Waals surface area contributed by atoms with Crippen LogP contribution in [0.3, 0.4) is 0 Å². The van der Waals surface area contributed by atoms with E-state index in [0.29, 0.717) is 22.2 Å². The summed E-state index contributed by atoms with van der Waals surface area (Å²) in [6.45, 7) is 3.90. The molecule has 0 aliphatic carbocycles. The summed E-state index contributed by atoms with van der Waals surface area (Å²) >= 11 is 7.35. The first-order chi connectivity index (χ1) is 14.7. The molecule has 5 nitrogen and oxygen atoms in total. The molecule has 0 heterocycles. The van der Waals surface area contributed by atoms with E-state index in [9.17, 15) is 13.2 Å². The third-order valence-corrected chi connectivity index (χ3v) is 7.28. The summed E-state index contributed by atoms with van der Waals surface area (Å²) in [4.78, 5) is 12.3. The van der Waals surface area contributed by atoms with Crippen molar-refractivity contribution in [3.05, 3.63) is 88.4 Å². The molecule has 0 radical (unpaired) electrons. The number of anilines is 2. The average Bonchev–Trinajstić information content (AvgIpc) is 2.72. The Hall–Kier alpha value is -2.48. The summed E-state index contributed by atoms with van der Waals surface area (Å²) in [5, 5.41) is 3.46. The fraction of sp³-hybridized carbons (Fsp3) is 0.174. The number of aryl methyl sites for hydroxylation is 2. The van der Waals surface area contributed by atoms with Gasteiger partial charge in [0.15, 0.2) is 0 Å². The Labute approximate surface area is 192 Å². The zero-order chi connectivity index (χ0) is 22.4. The maximum Gasteiger partial charge on any atom is 0.261 e. The molecule has 31 heavy (non-hydrogen) atoms. The lowest BCUT2D eigenvalue weighted by atomic mass is 10.1. The van der Waals surface area contributed by atoms with Crippen molar-refractivity contribution in [2.45, 2.75) is 24.5 Å². The van der Waals surface area contributed by atoms with Gasteiger partial charge in [0.05, 0.1) is 10.6 Å². The van der Waals surface area contributed by atoms with Gasteiger partial charge < -0.3 is 5.32 Å². The first-order valence-corrected chi connectivity index (χ1v) is 12.6. The first kappa shape index (κ1) is 23.2. The number of rotatable bonds is 8. The minimum absolute atomic E-state index is 0.126. The Morgan fingerprint density at radius 1 is 0.903 bits per heavy atom. The van der Waals surface area contributed by atoms with Crippen LogP contribution in [0.2, 0.25) is 5.02 Å². The van der Waals surface area contributed by atoms with Crippen molar-refractivity contribution in [1.29, 1.82) is 0 Å². The fourth-order valence-corrected chi connectivity index (χ4v) is 4.74. The molecule has 3 aromatic carbocycles. The van der Waals surface area contributed by atoms with Crippen molar-refractivity contribution in [3.8, 4) is 0 Å². The molecular weight excluding hydrogens is 452 g/mol. The molecule has 3 rings (SSSR count). The van der Waals surface area contributed by atoms with Crippen molar-refractivity contribution in [1.82, 2.24) is 0 Å². The predicted octanol–water partition coefficient (Wildman–Crippen LogP) is 5.63. The van der Waals surface area contributed by atoms with Crippen LogP contribution >= 0.6 is 23.4 Å². The van der Waals surface area contributed by atoms with Gasteiger partial charge in [-0.25, -0.2) is 8.42 Å². The SMILES string of the molecule is Cc1ccc(NS(=O)(=O)c2ccc(NC(=O)CSCc3ccc(Cl)cc3)cc2)cc1C. The van der Waals surface area contributed by atoms with Gasteiger partial charge in [-0.3, -0.25) is 9.52 Å². The summed E-state index contributed by atoms with van der Waals surface area (Å²) in [6, 6.07) is 19.0. The number of sulfonamides is 1. The van der Waals surface area contributed by atoms with E-state index in [4.69, 9.17) is 11.6 Å². The van der Waals surface area contributed by atoms with Gasteiger partial charge in [-0.15, -0.1) is 11.8 Å². The van der Waals surface area contributed by atoms with E-state index < -0.39 is 10.0 Å². The van der Waals surface area contributed by atoms with E-state index in [1.54, 1.807) is 24.3 Å². The molecule has 0 spiro atoms. The second-order valence-electron chi connectivity index (χ2n) is 7.10. The molecule has 1 amide bonds. The van der Waals surface area contributed by atoms with Crippen LogP contribution in [0.25, 0.3) is 0 Å². The van der Waals surface area contributed by atoms with Gasteiger partial charge >= 0.3 is 0 Å². The largest absolute Gasteiger partial charge is 0.325 e. The minimum Gasteiger partial charge on any atom is -0.325 e. The van der Waals surface area contributed by atoms with Crippen LogP contribution in [-0.4, -0.2) is 20.1 Å². The fourth-order valence-electron chi connectivity index (χ4n) is 2.78. The van der Waals surface area contributed by atoms with Crippen LogP contribution in [0.5, 0.6) is 0 Å². The van der Waals surface area contributed by atoms with Gasteiger partial charge in [0.1, 0.15) is 0 Å². The first-order valence-electron chi connectivity index (χ1n) is 9.55. The lowest BCUT2D eigenvalue weighted by Gasteiger charge is -2.11. The van der Waals surface area contributed by atoms with E-state index >= 15 is 0 Å². The molecular formula is C23H23ClN2O3S2. The van der Waals surface area contributed by atoms with Crippen LogP contribution in [0.1, 0.15) is 16.7 Å². The molecule has 0 aliphatic rings. The molecule has 0 aromatic heterocycles. The Kier molecular flexibility index (Phi) is 7.64. The highest BCUT2D eigenvalue weighted by molar-refractivity contribution is 7.99. The number of thioether (sulfide) groups is 1. The maximum absolute atomic E-state index is 12.6. The summed E-state index contributed by atoms with van der Waals surface area (Å²) in [6.07, 6.45) is 0. The second kappa shape index (κ2) is 10.2. The van der Waals surface area contributed by atoms with Crippen LogP contribution < -0.4 is 10.0 Å². The predicted molar refractivity (Wildman–Crippen MR) is 129 cm³/mol. The number of hydrogen-bond acceptors (Lipinski definition) is 4. The van der Waals surface area contributed by atoms with Crippen molar-refractivity contribution in [2.75, 3.05) is 15.8 Å². The Balaban J connectivity index is 1.54. The summed E-state index contributed by atoms with van der Waals surface area (Å²) in [7, 11) is -3.71. The van der Waals surface area contributed by atoms with E-state index in [0.717, 1.165) is 16.7 Å². The van der Waals surface area contributed by atoms with E-state index in [2.05, 4.69) is 10.0 Å². The molecule has 0 saturated heterocycles. The molecule has 0 atom stereocenters. The molecule has 2 N–H and O–H groups in total. The summed E-state index contributed by atoms with van der Waals surface area (Å²) in [5.74, 6) is 0.839. The number of amides is 1. The minimum atomic E-state index is -3.71. The number of halogens is 1. The van der Waals surface area contributed by atoms with Crippen LogP contribution in [0, 0.1) is 13.8 Å². The quantitative estimate of drug-likeness (QED) is 0.443. The van der Waals surface area contributed by atoms with Crippen molar-refractivity contribution in [2.24, 2.45) is 0 Å². The Bertz CT molecular complexity index is 1160. The lowest BCUT2D eigenvalue weighted by molar-refractivity contribution is -0.113. The van der Waals surface area contributed by atoms with Gasteiger partial charge in [0.25, 0.3) is 10.0 Å². The Morgan fingerprint density at radius 2 is 1.55 bits per heavy atom. The number of carbonyl (C=O) groups excluding carboxylic acids is 1. The molecule has 162 valence electrons. The zero-order valence-corrected chi connectivity index (χ0v) is 19.6. The van der Waals surface area contributed by atoms with Crippen molar-refractivity contribution >= 4 is 50.7 Å². The van der Waals surface area contributed by atoms with Gasteiger partial charge in [-0.2, -0.15) is 0 Å². The maximum atomic E-state index is 12.6. The average molecular weight is 475 g/mol. The lowest BCUT2D eigenvalue weighted by Crippen LogP contribution is -2.15. The smallest absolute Gasteiger partial charge is 0.261 e. The number of benzene rings is 3. The third kappa shape index (κ3) is 6.75. The topological polar surface area (TPSA) is 75.3 Å². The van der Waals surface area contributed by atoms with E-state index in [1.165, 1.54) is 23.9 Å². The standard InChI is InChI=1S/C23H23ClN2O3S2/c1-16-3-8-21(13-17(16)2)26-31(28,29)22-11-9-20(10-12-22)25-23(27)15-30-14-18-4-6-19(24)7-5-18/h3-13,26H,14-15H2,1-2H3,(H,25,27). The molecule has 3 aromatic rings. The Morgan fingerprint density at radius 3 is 2.19 bits per heavy atom. The van der Waals surface area contributed by atoms with Gasteiger partial charge in [0, 0.05) is 22.2 Å². The van der Waals surface area contributed by atoms with Gasteiger partial charge in [-0.05, 0) is 79.1 Å². The van der Waals surface area contributed by atoms with E-state index in [-0.39, 0.29) is 16.6 Å². The van der Waals surface area contributed by atoms with Crippen LogP contribution in [0.4, 0.5) is 11.4 Å². The highest BCUT2D eigenvalue weighted by Crippen LogP contribution is 2.21. The molecule has 8 heteroatoms. The van der Waals surface area contributed by atoms with Crippen LogP contribution in [-0.2, 0) is 20.6 Å². The highest BCUT2D eigenvalue weighted by atomic mass is 35.5. The molecule has 0 fully saturated rings. The molecule has 0 saturated carbocycles. The molecule has 0 unspecified atom stereocenters. The number of hydrogen-bond donors (Lipinski definition) is 2. The van der Waals surface area contributed by atoms with Gasteiger partial charge in [0.2, 0.25) is 5.91 Å². The molecule has 0 bridgehead atoms. The summed E-state index contributed by atoms with van der Waals surface area (Å²) in [5.41, 5.74) is 4.25. The highest BCUT2D eigenvalue weighted by Gasteiger charge is 2.15. The van der Waals surface area contributed by atoms with E-state index in [1.807, 2.05) is 44.2 Å². The number of carbonyl (C=O) groups is 1. The van der Waals surface area contributed by atoms with Crippen molar-refractivity contribution < 1.29 is 13.2 Å². The second-order valence-corrected chi connectivity index (χ2v) is 10.2. The van der Waals surface area contributed by atoms with Gasteiger partial charge in [-0.1, -0.05) is 29.8 Å². The van der Waals surface area contributed by atoms with Crippen LogP contribution in [0.15, 0.2) is 71.6 Å². The molecule has 0 aliphatic heterocycles. The monoisotopic (exact) mass is 474 g/mol. The zero-order valence-electron chi connectivity index (χ0n) is 17.2. The number of nitrogens with one attached hydrogen (secondary N) is 2. The summed E-state index contributed by atoms with van der Waals surface area (Å²) < 4.78 is 27.8. The van der Waals surface area contributed by atoms with Crippen molar-refractivity contribution in [3.63, 3.8) is 0 Å². The third-order valence-electron chi connectivity index (χ3n) is 4.62.